The number of aryl methyl sites for hydroxylation is 1. The maximum absolute atomic E-state index is 12.5. The van der Waals surface area contributed by atoms with E-state index in [-0.39, 0.29) is 16.6 Å². The number of aromatic nitrogens is 1. The van der Waals surface area contributed by atoms with Crippen LogP contribution >= 0.6 is 0 Å². The molecule has 5 nitrogen and oxygen atoms in total. The molecule has 29 heavy (non-hydrogen) atoms. The van der Waals surface area contributed by atoms with E-state index in [0.717, 1.165) is 16.6 Å². The standard InChI is InChI=1S/C23H20N2O3S/c1-16-13-19-14-20(11-12-22(19)24-16)25-23(26)18-9-7-17(8-10-18)15-29(27,28)21-5-3-2-4-6-21/h2-14,24H,15H2,1H3,(H,25,26). The van der Waals surface area contributed by atoms with Crippen molar-refractivity contribution in [3.63, 3.8) is 0 Å². The van der Waals surface area contributed by atoms with E-state index in [1.165, 1.54) is 0 Å². The first-order valence-electron chi connectivity index (χ1n) is 9.18. The molecule has 1 heterocycles. The lowest BCUT2D eigenvalue weighted by Crippen LogP contribution is -2.12. The number of anilines is 1. The molecule has 0 aliphatic heterocycles. The average Bonchev–Trinajstić information content (AvgIpc) is 3.08. The Morgan fingerprint density at radius 3 is 2.38 bits per heavy atom. The maximum Gasteiger partial charge on any atom is 0.255 e. The molecule has 4 aromatic rings. The third kappa shape index (κ3) is 4.22. The second kappa shape index (κ2) is 7.56. The predicted molar refractivity (Wildman–Crippen MR) is 115 cm³/mol. The van der Waals surface area contributed by atoms with E-state index >= 15 is 0 Å². The monoisotopic (exact) mass is 404 g/mol. The van der Waals surface area contributed by atoms with Crippen LogP contribution in [0.1, 0.15) is 21.6 Å². The molecule has 0 fully saturated rings. The van der Waals surface area contributed by atoms with Crippen molar-refractivity contribution in [1.29, 1.82) is 0 Å². The zero-order valence-corrected chi connectivity index (χ0v) is 16.7. The lowest BCUT2D eigenvalue weighted by molar-refractivity contribution is 0.102. The number of carbonyl (C=O) groups excluding carboxylic acids is 1. The van der Waals surface area contributed by atoms with Gasteiger partial charge in [0.2, 0.25) is 0 Å². The van der Waals surface area contributed by atoms with E-state index in [1.54, 1.807) is 54.6 Å². The second-order valence-corrected chi connectivity index (χ2v) is 8.97. The van der Waals surface area contributed by atoms with Gasteiger partial charge in [-0.2, -0.15) is 0 Å². The minimum atomic E-state index is -3.42. The molecule has 2 N–H and O–H groups in total. The number of fused-ring (bicyclic) bond motifs is 1. The molecule has 0 spiro atoms. The van der Waals surface area contributed by atoms with E-state index < -0.39 is 9.84 Å². The number of sulfone groups is 1. The lowest BCUT2D eigenvalue weighted by Gasteiger charge is -2.08. The van der Waals surface area contributed by atoms with Crippen molar-refractivity contribution in [3.8, 4) is 0 Å². The Morgan fingerprint density at radius 2 is 1.66 bits per heavy atom. The first-order valence-corrected chi connectivity index (χ1v) is 10.8. The number of amides is 1. The van der Waals surface area contributed by atoms with Crippen molar-refractivity contribution < 1.29 is 13.2 Å². The minimum Gasteiger partial charge on any atom is -0.359 e. The molecule has 0 saturated heterocycles. The second-order valence-electron chi connectivity index (χ2n) is 6.98. The van der Waals surface area contributed by atoms with Gasteiger partial charge in [-0.3, -0.25) is 4.79 Å². The molecule has 4 rings (SSSR count). The van der Waals surface area contributed by atoms with Gasteiger partial charge in [-0.25, -0.2) is 8.42 Å². The fraction of sp³-hybridized carbons (Fsp3) is 0.0870. The summed E-state index contributed by atoms with van der Waals surface area (Å²) in [6.07, 6.45) is 0. The van der Waals surface area contributed by atoms with E-state index in [0.29, 0.717) is 16.8 Å². The average molecular weight is 404 g/mol. The van der Waals surface area contributed by atoms with Gasteiger partial charge in [-0.1, -0.05) is 30.3 Å². The summed E-state index contributed by atoms with van der Waals surface area (Å²) < 4.78 is 25.0. The molecule has 0 unspecified atom stereocenters. The fourth-order valence-electron chi connectivity index (χ4n) is 3.24. The van der Waals surface area contributed by atoms with Crippen molar-refractivity contribution in [3.05, 3.63) is 95.7 Å². The summed E-state index contributed by atoms with van der Waals surface area (Å²) in [5.74, 6) is -0.350. The van der Waals surface area contributed by atoms with Crippen LogP contribution in [0.2, 0.25) is 0 Å². The van der Waals surface area contributed by atoms with Gasteiger partial charge >= 0.3 is 0 Å². The number of benzene rings is 3. The number of aromatic amines is 1. The summed E-state index contributed by atoms with van der Waals surface area (Å²) in [7, 11) is -3.42. The fourth-order valence-corrected chi connectivity index (χ4v) is 4.61. The van der Waals surface area contributed by atoms with Gasteiger partial charge in [0, 0.05) is 27.8 Å². The van der Waals surface area contributed by atoms with Crippen molar-refractivity contribution in [2.75, 3.05) is 5.32 Å². The van der Waals surface area contributed by atoms with Crippen LogP contribution in [0, 0.1) is 6.92 Å². The van der Waals surface area contributed by atoms with Crippen LogP contribution in [-0.2, 0) is 15.6 Å². The molecule has 146 valence electrons. The molecule has 0 aliphatic rings. The molecule has 0 bridgehead atoms. The van der Waals surface area contributed by atoms with Gasteiger partial charge in [-0.05, 0) is 61.0 Å². The van der Waals surface area contributed by atoms with Crippen LogP contribution in [0.25, 0.3) is 10.9 Å². The first-order chi connectivity index (χ1) is 13.9. The highest BCUT2D eigenvalue weighted by molar-refractivity contribution is 7.90. The summed E-state index contributed by atoms with van der Waals surface area (Å²) in [4.78, 5) is 16.1. The van der Waals surface area contributed by atoms with E-state index in [9.17, 15) is 13.2 Å². The predicted octanol–water partition coefficient (Wildman–Crippen LogP) is 4.70. The lowest BCUT2D eigenvalue weighted by atomic mass is 10.1. The SMILES string of the molecule is Cc1cc2cc(NC(=O)c3ccc(CS(=O)(=O)c4ccccc4)cc3)ccc2[nH]1. The maximum atomic E-state index is 12.5. The van der Waals surface area contributed by atoms with Gasteiger partial charge in [0.1, 0.15) is 0 Å². The number of rotatable bonds is 5. The summed E-state index contributed by atoms with van der Waals surface area (Å²) in [6, 6.07) is 22.7. The topological polar surface area (TPSA) is 79.0 Å². The molecule has 0 saturated carbocycles. The van der Waals surface area contributed by atoms with Gasteiger partial charge in [0.25, 0.3) is 5.91 Å². The van der Waals surface area contributed by atoms with Gasteiger partial charge in [0.05, 0.1) is 10.6 Å². The Morgan fingerprint density at radius 1 is 0.931 bits per heavy atom. The Balaban J connectivity index is 1.47. The van der Waals surface area contributed by atoms with Crippen LogP contribution in [0.15, 0.2) is 83.8 Å². The number of H-pyrrole nitrogens is 1. The molecule has 6 heteroatoms. The van der Waals surface area contributed by atoms with E-state index in [1.807, 2.05) is 31.2 Å². The third-order valence-electron chi connectivity index (χ3n) is 4.69. The van der Waals surface area contributed by atoms with Gasteiger partial charge in [0.15, 0.2) is 9.84 Å². The molecule has 0 atom stereocenters. The van der Waals surface area contributed by atoms with Gasteiger partial charge in [-0.15, -0.1) is 0 Å². The Kier molecular flexibility index (Phi) is 4.94. The van der Waals surface area contributed by atoms with Crippen molar-refractivity contribution in [1.82, 2.24) is 4.98 Å². The summed E-state index contributed by atoms with van der Waals surface area (Å²) >= 11 is 0. The van der Waals surface area contributed by atoms with E-state index in [2.05, 4.69) is 10.3 Å². The summed E-state index contributed by atoms with van der Waals surface area (Å²) in [5, 5.41) is 3.91. The summed E-state index contributed by atoms with van der Waals surface area (Å²) in [5.41, 5.74) is 3.89. The normalized spacial score (nSPS) is 11.5. The zero-order valence-electron chi connectivity index (χ0n) is 15.8. The number of hydrogen-bond acceptors (Lipinski definition) is 3. The number of hydrogen-bond donors (Lipinski definition) is 2. The Hall–Kier alpha value is -3.38. The van der Waals surface area contributed by atoms with Crippen LogP contribution < -0.4 is 5.32 Å². The first kappa shape index (κ1) is 19.0. The van der Waals surface area contributed by atoms with Crippen LogP contribution in [0.4, 0.5) is 5.69 Å². The molecule has 3 aromatic carbocycles. The van der Waals surface area contributed by atoms with Crippen LogP contribution in [0.5, 0.6) is 0 Å². The molecule has 0 radical (unpaired) electrons. The highest BCUT2D eigenvalue weighted by Crippen LogP contribution is 2.21. The highest BCUT2D eigenvalue weighted by atomic mass is 32.2. The Bertz CT molecular complexity index is 1270. The third-order valence-corrected chi connectivity index (χ3v) is 6.39. The number of nitrogens with one attached hydrogen (secondary N) is 2. The molecule has 1 amide bonds. The van der Waals surface area contributed by atoms with E-state index in [4.69, 9.17) is 0 Å². The smallest absolute Gasteiger partial charge is 0.255 e. The van der Waals surface area contributed by atoms with Crippen molar-refractivity contribution >= 4 is 32.3 Å². The van der Waals surface area contributed by atoms with Crippen molar-refractivity contribution in [2.45, 2.75) is 17.6 Å². The molecule has 1 aromatic heterocycles. The van der Waals surface area contributed by atoms with Gasteiger partial charge < -0.3 is 10.3 Å². The van der Waals surface area contributed by atoms with Crippen LogP contribution in [-0.4, -0.2) is 19.3 Å². The molecular weight excluding hydrogens is 384 g/mol. The van der Waals surface area contributed by atoms with Crippen molar-refractivity contribution in [2.24, 2.45) is 0 Å². The zero-order chi connectivity index (χ0) is 20.4. The van der Waals surface area contributed by atoms with Crippen LogP contribution in [0.3, 0.4) is 0 Å². The highest BCUT2D eigenvalue weighted by Gasteiger charge is 2.15. The Labute approximate surface area is 169 Å². The molecular formula is C23H20N2O3S. The summed E-state index contributed by atoms with van der Waals surface area (Å²) in [6.45, 7) is 1.98. The molecule has 0 aliphatic carbocycles. The largest absolute Gasteiger partial charge is 0.359 e. The minimum absolute atomic E-state index is 0.109. The quantitative estimate of drug-likeness (QED) is 0.506. The number of carbonyl (C=O) groups is 1.